The molecule has 4 nitrogen and oxygen atoms in total. The van der Waals surface area contributed by atoms with Crippen molar-refractivity contribution < 1.29 is 9.59 Å². The summed E-state index contributed by atoms with van der Waals surface area (Å²) in [5, 5.41) is 2.15. The molecule has 0 radical (unpaired) electrons. The van der Waals surface area contributed by atoms with Crippen LogP contribution in [-0.4, -0.2) is 16.4 Å². The van der Waals surface area contributed by atoms with E-state index < -0.39 is 0 Å². The lowest BCUT2D eigenvalue weighted by molar-refractivity contribution is 0.0926. The molecular weight excluding hydrogens is 709 g/mol. The summed E-state index contributed by atoms with van der Waals surface area (Å²) in [5.41, 5.74) is 17.1. The van der Waals surface area contributed by atoms with Gasteiger partial charge in [-0.2, -0.15) is 0 Å². The Balaban J connectivity index is 1.19. The van der Waals surface area contributed by atoms with Gasteiger partial charge in [-0.15, -0.1) is 0 Å². The smallest absolute Gasteiger partial charge is 0.268 e. The van der Waals surface area contributed by atoms with Crippen LogP contribution in [0.25, 0.3) is 72.0 Å². The molecule has 0 N–H and O–H groups in total. The van der Waals surface area contributed by atoms with E-state index in [1.54, 1.807) is 6.07 Å². The second-order valence-corrected chi connectivity index (χ2v) is 15.5. The van der Waals surface area contributed by atoms with E-state index in [2.05, 4.69) is 111 Å². The fraction of sp³-hybridized carbons (Fsp3) is 0.0741. The summed E-state index contributed by atoms with van der Waals surface area (Å²) in [6.45, 7) is 8.56. The summed E-state index contributed by atoms with van der Waals surface area (Å²) < 4.78 is 2.17. The molecule has 1 aliphatic heterocycles. The van der Waals surface area contributed by atoms with Gasteiger partial charge in [-0.25, -0.2) is 4.90 Å². The van der Waals surface area contributed by atoms with Crippen molar-refractivity contribution in [2.75, 3.05) is 4.90 Å². The molecule has 8 aromatic carbocycles. The first kappa shape index (κ1) is 35.1. The molecule has 0 saturated heterocycles. The molecule has 2 heterocycles. The minimum absolute atomic E-state index is 0.334. The zero-order valence-electron chi connectivity index (χ0n) is 32.9. The number of hydrogen-bond donors (Lipinski definition) is 0. The standard InChI is InChI=1S/C54H40N2O2/c1-33-18-23-42(35(3)28-33)40-21-26-48-46(30-40)47-31-41(43-24-19-34(2)29-36(43)4)22-27-49(47)55(48)50-17-11-16-45-52(50)54(58)56(53(45)57)51-32-39(37-12-7-5-8-13-37)20-25-44(51)38-14-9-6-10-15-38/h5-32H,1-4H3. The molecule has 0 aliphatic carbocycles. The molecule has 2 amide bonds. The van der Waals surface area contributed by atoms with E-state index in [-0.39, 0.29) is 11.8 Å². The molecule has 0 spiro atoms. The van der Waals surface area contributed by atoms with E-state index in [0.717, 1.165) is 55.2 Å². The molecule has 9 aromatic rings. The van der Waals surface area contributed by atoms with Crippen LogP contribution in [0.2, 0.25) is 0 Å². The van der Waals surface area contributed by atoms with Crippen molar-refractivity contribution >= 4 is 39.3 Å². The molecule has 0 bridgehead atoms. The summed E-state index contributed by atoms with van der Waals surface area (Å²) in [4.78, 5) is 31.2. The van der Waals surface area contributed by atoms with E-state index in [0.29, 0.717) is 22.5 Å². The second kappa shape index (κ2) is 13.7. The Kier molecular flexibility index (Phi) is 8.31. The minimum atomic E-state index is -0.341. The van der Waals surface area contributed by atoms with Gasteiger partial charge in [-0.3, -0.25) is 9.59 Å². The van der Waals surface area contributed by atoms with Crippen LogP contribution in [0.1, 0.15) is 43.0 Å². The SMILES string of the molecule is Cc1ccc(-c2ccc3c(c2)c2cc(-c4ccc(C)cc4C)ccc2n3-c2cccc3c2C(=O)N(c2cc(-c4ccccc4)ccc2-c2ccccc2)C3=O)c(C)c1. The van der Waals surface area contributed by atoms with Crippen LogP contribution < -0.4 is 4.90 Å². The number of amides is 2. The topological polar surface area (TPSA) is 42.3 Å². The Morgan fingerprint density at radius 1 is 0.362 bits per heavy atom. The first-order valence-electron chi connectivity index (χ1n) is 19.8. The van der Waals surface area contributed by atoms with Gasteiger partial charge in [0.2, 0.25) is 0 Å². The lowest BCUT2D eigenvalue weighted by atomic mass is 9.95. The molecule has 0 unspecified atom stereocenters. The molecule has 278 valence electrons. The van der Waals surface area contributed by atoms with Crippen LogP contribution in [0.5, 0.6) is 0 Å². The van der Waals surface area contributed by atoms with Crippen LogP contribution in [0.3, 0.4) is 0 Å². The molecule has 0 fully saturated rings. The number of hydrogen-bond acceptors (Lipinski definition) is 2. The van der Waals surface area contributed by atoms with Crippen LogP contribution in [0, 0.1) is 27.7 Å². The van der Waals surface area contributed by atoms with Crippen LogP contribution in [0.15, 0.2) is 170 Å². The number of benzene rings is 8. The zero-order chi connectivity index (χ0) is 39.7. The molecule has 1 aromatic heterocycles. The maximum absolute atomic E-state index is 15.1. The second-order valence-electron chi connectivity index (χ2n) is 15.5. The van der Waals surface area contributed by atoms with Crippen molar-refractivity contribution in [3.63, 3.8) is 0 Å². The van der Waals surface area contributed by atoms with Crippen LogP contribution >= 0.6 is 0 Å². The average molecular weight is 749 g/mol. The first-order valence-corrected chi connectivity index (χ1v) is 19.8. The molecule has 58 heavy (non-hydrogen) atoms. The number of nitrogens with zero attached hydrogens (tertiary/aromatic N) is 2. The molecule has 1 aliphatic rings. The van der Waals surface area contributed by atoms with Gasteiger partial charge in [-0.1, -0.05) is 139 Å². The predicted molar refractivity (Wildman–Crippen MR) is 239 cm³/mol. The lowest BCUT2D eigenvalue weighted by Crippen LogP contribution is -2.30. The fourth-order valence-electron chi connectivity index (χ4n) is 8.95. The highest BCUT2D eigenvalue weighted by molar-refractivity contribution is 6.36. The molecule has 10 rings (SSSR count). The van der Waals surface area contributed by atoms with Crippen molar-refractivity contribution in [3.8, 4) is 50.2 Å². The van der Waals surface area contributed by atoms with Crippen LogP contribution in [0.4, 0.5) is 5.69 Å². The van der Waals surface area contributed by atoms with Gasteiger partial charge in [0, 0.05) is 16.3 Å². The van der Waals surface area contributed by atoms with Crippen molar-refractivity contribution in [2.24, 2.45) is 0 Å². The van der Waals surface area contributed by atoms with E-state index >= 15 is 4.79 Å². The lowest BCUT2D eigenvalue weighted by Gasteiger charge is -2.20. The maximum atomic E-state index is 15.1. The quantitative estimate of drug-likeness (QED) is 0.159. The van der Waals surface area contributed by atoms with Gasteiger partial charge in [-0.05, 0) is 120 Å². The number of aryl methyl sites for hydroxylation is 4. The van der Waals surface area contributed by atoms with Crippen molar-refractivity contribution in [3.05, 3.63) is 203 Å². The summed E-state index contributed by atoms with van der Waals surface area (Å²) in [7, 11) is 0. The average Bonchev–Trinajstić information content (AvgIpc) is 3.70. The number of carbonyl (C=O) groups is 2. The van der Waals surface area contributed by atoms with Gasteiger partial charge in [0.05, 0.1) is 33.5 Å². The van der Waals surface area contributed by atoms with Gasteiger partial charge < -0.3 is 4.57 Å². The number of aromatic nitrogens is 1. The Bertz CT molecular complexity index is 3030. The van der Waals surface area contributed by atoms with E-state index in [4.69, 9.17) is 0 Å². The highest BCUT2D eigenvalue weighted by Gasteiger charge is 2.40. The van der Waals surface area contributed by atoms with Gasteiger partial charge in [0.15, 0.2) is 0 Å². The Hall–Kier alpha value is -7.30. The van der Waals surface area contributed by atoms with Crippen molar-refractivity contribution in [1.82, 2.24) is 4.57 Å². The Labute approximate surface area is 338 Å². The highest BCUT2D eigenvalue weighted by Crippen LogP contribution is 2.43. The number of anilines is 1. The molecule has 0 saturated carbocycles. The summed E-state index contributed by atoms with van der Waals surface area (Å²) in [5.74, 6) is -0.675. The van der Waals surface area contributed by atoms with Gasteiger partial charge in [0.25, 0.3) is 11.8 Å². The third kappa shape index (κ3) is 5.68. The molecule has 0 atom stereocenters. The largest absolute Gasteiger partial charge is 0.308 e. The highest BCUT2D eigenvalue weighted by atomic mass is 16.2. The summed E-state index contributed by atoms with van der Waals surface area (Å²) in [6, 6.07) is 58.1. The number of rotatable bonds is 6. The predicted octanol–water partition coefficient (Wildman–Crippen LogP) is 13.5. The Morgan fingerprint density at radius 2 is 0.897 bits per heavy atom. The van der Waals surface area contributed by atoms with Crippen molar-refractivity contribution in [1.29, 1.82) is 0 Å². The third-order valence-electron chi connectivity index (χ3n) is 11.7. The molecule has 4 heteroatoms. The van der Waals surface area contributed by atoms with E-state index in [1.807, 2.05) is 84.9 Å². The van der Waals surface area contributed by atoms with Gasteiger partial charge in [0.1, 0.15) is 0 Å². The Morgan fingerprint density at radius 3 is 1.47 bits per heavy atom. The van der Waals surface area contributed by atoms with Crippen molar-refractivity contribution in [2.45, 2.75) is 27.7 Å². The molecular formula is C54H40N2O2. The maximum Gasteiger partial charge on any atom is 0.268 e. The van der Waals surface area contributed by atoms with Crippen LogP contribution in [-0.2, 0) is 0 Å². The first-order chi connectivity index (χ1) is 28.2. The van der Waals surface area contributed by atoms with E-state index in [9.17, 15) is 4.79 Å². The minimum Gasteiger partial charge on any atom is -0.308 e. The van der Waals surface area contributed by atoms with Gasteiger partial charge >= 0.3 is 0 Å². The number of carbonyl (C=O) groups excluding carboxylic acids is 2. The summed E-state index contributed by atoms with van der Waals surface area (Å²) in [6.07, 6.45) is 0. The zero-order valence-corrected chi connectivity index (χ0v) is 32.9. The van der Waals surface area contributed by atoms with E-state index in [1.165, 1.54) is 38.3 Å². The number of fused-ring (bicyclic) bond motifs is 4. The monoisotopic (exact) mass is 748 g/mol. The summed E-state index contributed by atoms with van der Waals surface area (Å²) >= 11 is 0. The fourth-order valence-corrected chi connectivity index (χ4v) is 8.95. The normalized spacial score (nSPS) is 12.5. The number of imide groups is 1. The third-order valence-corrected chi connectivity index (χ3v) is 11.7.